The molecule has 14 heavy (non-hydrogen) atoms. The van der Waals surface area contributed by atoms with Crippen molar-refractivity contribution in [3.63, 3.8) is 0 Å². The van der Waals surface area contributed by atoms with E-state index in [-0.39, 0.29) is 0 Å². The first-order valence-electron chi connectivity index (χ1n) is 4.83. The summed E-state index contributed by atoms with van der Waals surface area (Å²) in [6, 6.07) is -0.402. The third kappa shape index (κ3) is 2.99. The number of carboxylic acids is 1. The van der Waals surface area contributed by atoms with Crippen molar-refractivity contribution >= 4 is 11.9 Å². The molecule has 2 atom stereocenters. The quantitative estimate of drug-likeness (QED) is 0.408. The number of aliphatic hydroxyl groups excluding tert-OH is 1. The molecule has 0 aromatic carbocycles. The maximum absolute atomic E-state index is 10.8. The van der Waals surface area contributed by atoms with Crippen molar-refractivity contribution < 1.29 is 19.8 Å². The summed E-state index contributed by atoms with van der Waals surface area (Å²) in [6.45, 7) is 0. The maximum Gasteiger partial charge on any atom is 0.394 e. The second-order valence-electron chi connectivity index (χ2n) is 3.59. The Hall–Kier alpha value is -1.10. The zero-order valence-corrected chi connectivity index (χ0v) is 7.90. The number of carboxylic acid groups (broad SMARTS) is 1. The van der Waals surface area contributed by atoms with Gasteiger partial charge >= 0.3 is 11.9 Å². The Bertz CT molecular complexity index is 229. The van der Waals surface area contributed by atoms with Crippen LogP contribution in [0.4, 0.5) is 0 Å². The predicted molar refractivity (Wildman–Crippen MR) is 48.7 cm³/mol. The van der Waals surface area contributed by atoms with Crippen LogP contribution in [0.2, 0.25) is 0 Å². The number of carbonyl (C=O) groups excluding carboxylic acids is 1. The van der Waals surface area contributed by atoms with Gasteiger partial charge in [-0.1, -0.05) is 19.3 Å². The van der Waals surface area contributed by atoms with Gasteiger partial charge in [0.25, 0.3) is 0 Å². The lowest BCUT2D eigenvalue weighted by Crippen LogP contribution is -2.45. The fraction of sp³-hybridized carbons (Fsp3) is 0.778. The molecule has 80 valence electrons. The molecule has 0 heterocycles. The minimum Gasteiger partial charge on any atom is -0.474 e. The van der Waals surface area contributed by atoms with Gasteiger partial charge in [0.1, 0.15) is 0 Å². The molecule has 0 saturated heterocycles. The zero-order valence-electron chi connectivity index (χ0n) is 7.90. The Balaban J connectivity index is 2.48. The molecule has 2 unspecified atom stereocenters. The topological polar surface area (TPSA) is 86.6 Å². The Labute approximate surface area is 82.1 Å². The number of hydrogen-bond donors (Lipinski definition) is 3. The average Bonchev–Trinajstić information content (AvgIpc) is 2.32. The molecule has 0 spiro atoms. The van der Waals surface area contributed by atoms with Crippen LogP contribution in [0.1, 0.15) is 32.1 Å². The smallest absolute Gasteiger partial charge is 0.394 e. The molecule has 0 aromatic heterocycles. The van der Waals surface area contributed by atoms with Crippen molar-refractivity contribution in [2.45, 2.75) is 44.2 Å². The summed E-state index contributed by atoms with van der Waals surface area (Å²) in [6.07, 6.45) is 3.55. The molecule has 1 amide bonds. The SMILES string of the molecule is O=C(O)C(=O)NC1CCCCCC1O. The first-order valence-corrected chi connectivity index (χ1v) is 4.83. The monoisotopic (exact) mass is 201 g/mol. The summed E-state index contributed by atoms with van der Waals surface area (Å²) in [5.74, 6) is -2.53. The molecular weight excluding hydrogens is 186 g/mol. The number of aliphatic carboxylic acids is 1. The van der Waals surface area contributed by atoms with Gasteiger partial charge < -0.3 is 15.5 Å². The van der Waals surface area contributed by atoms with E-state index >= 15 is 0 Å². The van der Waals surface area contributed by atoms with E-state index in [1.54, 1.807) is 0 Å². The van der Waals surface area contributed by atoms with E-state index in [1.165, 1.54) is 0 Å². The van der Waals surface area contributed by atoms with Crippen molar-refractivity contribution in [3.05, 3.63) is 0 Å². The van der Waals surface area contributed by atoms with Crippen molar-refractivity contribution in [3.8, 4) is 0 Å². The van der Waals surface area contributed by atoms with Crippen molar-refractivity contribution in [2.24, 2.45) is 0 Å². The van der Waals surface area contributed by atoms with Crippen LogP contribution < -0.4 is 5.32 Å². The summed E-state index contributed by atoms with van der Waals surface area (Å²) in [7, 11) is 0. The van der Waals surface area contributed by atoms with Crippen molar-refractivity contribution in [1.29, 1.82) is 0 Å². The molecule has 1 saturated carbocycles. The minimum atomic E-state index is -1.50. The van der Waals surface area contributed by atoms with Gasteiger partial charge in [0.05, 0.1) is 12.1 Å². The van der Waals surface area contributed by atoms with Crippen LogP contribution in [0.3, 0.4) is 0 Å². The highest BCUT2D eigenvalue weighted by molar-refractivity contribution is 6.31. The zero-order chi connectivity index (χ0) is 10.6. The van der Waals surface area contributed by atoms with E-state index in [0.717, 1.165) is 19.3 Å². The van der Waals surface area contributed by atoms with Crippen LogP contribution in [0.15, 0.2) is 0 Å². The summed E-state index contributed by atoms with van der Waals surface area (Å²) < 4.78 is 0. The summed E-state index contributed by atoms with van der Waals surface area (Å²) in [4.78, 5) is 21.1. The molecular formula is C9H15NO4. The fourth-order valence-corrected chi connectivity index (χ4v) is 1.69. The highest BCUT2D eigenvalue weighted by Crippen LogP contribution is 2.17. The van der Waals surface area contributed by atoms with E-state index < -0.39 is 24.0 Å². The second kappa shape index (κ2) is 4.95. The lowest BCUT2D eigenvalue weighted by atomic mass is 10.1. The van der Waals surface area contributed by atoms with Crippen molar-refractivity contribution in [1.82, 2.24) is 5.32 Å². The van der Waals surface area contributed by atoms with Crippen LogP contribution >= 0.6 is 0 Å². The van der Waals surface area contributed by atoms with Gasteiger partial charge in [-0.3, -0.25) is 4.79 Å². The standard InChI is InChI=1S/C9H15NO4/c11-7-5-3-1-2-4-6(7)10-8(12)9(13)14/h6-7,11H,1-5H2,(H,10,12)(H,13,14). The van der Waals surface area contributed by atoms with Crippen LogP contribution in [0.5, 0.6) is 0 Å². The molecule has 1 rings (SSSR count). The van der Waals surface area contributed by atoms with Gasteiger partial charge in [-0.15, -0.1) is 0 Å². The molecule has 0 aromatic rings. The Morgan fingerprint density at radius 1 is 1.14 bits per heavy atom. The van der Waals surface area contributed by atoms with Crippen LogP contribution in [-0.4, -0.2) is 34.2 Å². The highest BCUT2D eigenvalue weighted by Gasteiger charge is 2.25. The van der Waals surface area contributed by atoms with Crippen LogP contribution in [0.25, 0.3) is 0 Å². The van der Waals surface area contributed by atoms with Gasteiger partial charge in [0, 0.05) is 0 Å². The van der Waals surface area contributed by atoms with Gasteiger partial charge in [-0.05, 0) is 12.8 Å². The normalized spacial score (nSPS) is 27.8. The molecule has 0 radical (unpaired) electrons. The van der Waals surface area contributed by atoms with E-state index in [1.807, 2.05) is 0 Å². The lowest BCUT2D eigenvalue weighted by Gasteiger charge is -2.20. The van der Waals surface area contributed by atoms with Crippen LogP contribution in [0, 0.1) is 0 Å². The number of carbonyl (C=O) groups is 2. The Morgan fingerprint density at radius 3 is 2.43 bits per heavy atom. The van der Waals surface area contributed by atoms with E-state index in [4.69, 9.17) is 5.11 Å². The number of amides is 1. The molecule has 5 heteroatoms. The fourth-order valence-electron chi connectivity index (χ4n) is 1.69. The molecule has 1 aliphatic rings. The number of nitrogens with one attached hydrogen (secondary N) is 1. The van der Waals surface area contributed by atoms with Gasteiger partial charge in [-0.2, -0.15) is 0 Å². The van der Waals surface area contributed by atoms with Gasteiger partial charge in [0.2, 0.25) is 0 Å². The first kappa shape index (κ1) is 11.0. The Kier molecular flexibility index (Phi) is 3.88. The number of rotatable bonds is 1. The van der Waals surface area contributed by atoms with E-state index in [0.29, 0.717) is 12.8 Å². The van der Waals surface area contributed by atoms with Gasteiger partial charge in [-0.25, -0.2) is 4.79 Å². The first-order chi connectivity index (χ1) is 6.61. The van der Waals surface area contributed by atoms with E-state index in [2.05, 4.69) is 5.32 Å². The molecule has 0 bridgehead atoms. The summed E-state index contributed by atoms with van der Waals surface area (Å²) >= 11 is 0. The molecule has 3 N–H and O–H groups in total. The maximum atomic E-state index is 10.8. The third-order valence-electron chi connectivity index (χ3n) is 2.49. The number of hydrogen-bond acceptors (Lipinski definition) is 3. The van der Waals surface area contributed by atoms with Crippen LogP contribution in [-0.2, 0) is 9.59 Å². The molecule has 1 aliphatic carbocycles. The second-order valence-corrected chi connectivity index (χ2v) is 3.59. The lowest BCUT2D eigenvalue weighted by molar-refractivity contribution is -0.150. The Morgan fingerprint density at radius 2 is 1.79 bits per heavy atom. The van der Waals surface area contributed by atoms with Gasteiger partial charge in [0.15, 0.2) is 0 Å². The molecule has 5 nitrogen and oxygen atoms in total. The minimum absolute atomic E-state index is 0.402. The average molecular weight is 201 g/mol. The predicted octanol–water partition coefficient (Wildman–Crippen LogP) is -0.119. The van der Waals surface area contributed by atoms with Crippen molar-refractivity contribution in [2.75, 3.05) is 0 Å². The summed E-state index contributed by atoms with van der Waals surface area (Å²) in [5, 5.41) is 20.3. The number of aliphatic hydroxyl groups is 1. The largest absolute Gasteiger partial charge is 0.474 e. The molecule has 0 aliphatic heterocycles. The van der Waals surface area contributed by atoms with E-state index in [9.17, 15) is 14.7 Å². The molecule has 1 fully saturated rings. The highest BCUT2D eigenvalue weighted by atomic mass is 16.4. The third-order valence-corrected chi connectivity index (χ3v) is 2.49. The summed E-state index contributed by atoms with van der Waals surface area (Å²) in [5.41, 5.74) is 0.